The first-order valence-corrected chi connectivity index (χ1v) is 9.00. The fraction of sp³-hybridized carbons (Fsp3) is 0.217. The van der Waals surface area contributed by atoms with Gasteiger partial charge in [-0.2, -0.15) is 0 Å². The summed E-state index contributed by atoms with van der Waals surface area (Å²) >= 11 is 0. The zero-order valence-corrected chi connectivity index (χ0v) is 14.7. The highest BCUT2D eigenvalue weighted by Crippen LogP contribution is 2.49. The number of carbonyl (C=O) groups excluding carboxylic acids is 2. The van der Waals surface area contributed by atoms with Gasteiger partial charge in [0.1, 0.15) is 5.41 Å². The van der Waals surface area contributed by atoms with Gasteiger partial charge in [-0.3, -0.25) is 14.5 Å². The van der Waals surface area contributed by atoms with Gasteiger partial charge in [-0.05, 0) is 48.6 Å². The van der Waals surface area contributed by atoms with Crippen LogP contribution in [0.3, 0.4) is 0 Å². The second-order valence-electron chi connectivity index (χ2n) is 7.06. The van der Waals surface area contributed by atoms with Gasteiger partial charge in [0.05, 0.1) is 0 Å². The fourth-order valence-corrected chi connectivity index (χ4v) is 4.11. The monoisotopic (exact) mass is 343 g/mol. The number of ketones is 1. The van der Waals surface area contributed by atoms with Gasteiger partial charge in [0.2, 0.25) is 5.91 Å². The van der Waals surface area contributed by atoms with E-state index < -0.39 is 5.41 Å². The quantitative estimate of drug-likeness (QED) is 0.582. The molecule has 0 N–H and O–H groups in total. The Morgan fingerprint density at radius 1 is 0.962 bits per heavy atom. The molecule has 1 saturated heterocycles. The molecule has 0 bridgehead atoms. The second kappa shape index (κ2) is 6.41. The number of Topliss-reactive ketones (excluding diaryl/α,β-unsaturated/α-hetero) is 1. The van der Waals surface area contributed by atoms with Gasteiger partial charge in [0.25, 0.3) is 0 Å². The van der Waals surface area contributed by atoms with Gasteiger partial charge in [-0.15, -0.1) is 0 Å². The van der Waals surface area contributed by atoms with E-state index in [4.69, 9.17) is 0 Å². The van der Waals surface area contributed by atoms with E-state index in [0.717, 1.165) is 29.7 Å². The number of allylic oxidation sites excluding steroid dienone is 2. The van der Waals surface area contributed by atoms with Gasteiger partial charge >= 0.3 is 0 Å². The van der Waals surface area contributed by atoms with Crippen LogP contribution in [-0.4, -0.2) is 11.7 Å². The summed E-state index contributed by atoms with van der Waals surface area (Å²) in [6.07, 6.45) is 4.50. The van der Waals surface area contributed by atoms with E-state index >= 15 is 0 Å². The van der Waals surface area contributed by atoms with Gasteiger partial charge in [0, 0.05) is 17.8 Å². The summed E-state index contributed by atoms with van der Waals surface area (Å²) in [5.41, 5.74) is 2.25. The third-order valence-electron chi connectivity index (χ3n) is 5.37. The maximum atomic E-state index is 13.3. The van der Waals surface area contributed by atoms with Crippen LogP contribution >= 0.6 is 0 Å². The molecule has 1 spiro atoms. The predicted molar refractivity (Wildman–Crippen MR) is 103 cm³/mol. The first-order valence-electron chi connectivity index (χ1n) is 9.00. The number of para-hydroxylation sites is 1. The molecule has 1 aliphatic heterocycles. The second-order valence-corrected chi connectivity index (χ2v) is 7.06. The molecular formula is C23H21NO2. The van der Waals surface area contributed by atoms with Crippen molar-refractivity contribution in [2.24, 2.45) is 5.41 Å². The van der Waals surface area contributed by atoms with Crippen molar-refractivity contribution in [3.8, 4) is 0 Å². The number of carbonyl (C=O) groups is 2. The summed E-state index contributed by atoms with van der Waals surface area (Å²) in [7, 11) is 0. The molecule has 1 atom stereocenters. The van der Waals surface area contributed by atoms with Crippen molar-refractivity contribution in [2.75, 3.05) is 4.90 Å². The van der Waals surface area contributed by atoms with E-state index in [1.165, 1.54) is 0 Å². The minimum Gasteiger partial charge on any atom is -0.293 e. The molecule has 3 heteroatoms. The van der Waals surface area contributed by atoms with Crippen molar-refractivity contribution in [3.05, 3.63) is 84.1 Å². The number of rotatable bonds is 2. The summed E-state index contributed by atoms with van der Waals surface area (Å²) in [6.45, 7) is 4.09. The fourth-order valence-electron chi connectivity index (χ4n) is 4.11. The molecule has 1 unspecified atom stereocenters. The Kier molecular flexibility index (Phi) is 4.08. The van der Waals surface area contributed by atoms with E-state index in [-0.39, 0.29) is 11.7 Å². The van der Waals surface area contributed by atoms with Gasteiger partial charge in [-0.1, -0.05) is 55.1 Å². The normalized spacial score (nSPS) is 24.7. The van der Waals surface area contributed by atoms with Crippen LogP contribution in [0, 0.1) is 5.41 Å². The van der Waals surface area contributed by atoms with Crippen LogP contribution in [0.15, 0.2) is 78.5 Å². The molecule has 2 aromatic rings. The van der Waals surface area contributed by atoms with Crippen molar-refractivity contribution in [3.63, 3.8) is 0 Å². The number of benzene rings is 2. The van der Waals surface area contributed by atoms with Gasteiger partial charge in [-0.25, -0.2) is 0 Å². The van der Waals surface area contributed by atoms with Crippen molar-refractivity contribution in [1.29, 1.82) is 0 Å². The molecule has 2 aliphatic rings. The highest BCUT2D eigenvalue weighted by Gasteiger charge is 2.55. The Balaban J connectivity index is 1.70. The SMILES string of the molecule is C=C1CC2(CCC/C(=C\c3ccccc3)C2=O)C(=O)N1c1ccccc1. The summed E-state index contributed by atoms with van der Waals surface area (Å²) in [5, 5.41) is 0. The molecule has 0 aromatic heterocycles. The van der Waals surface area contributed by atoms with E-state index in [9.17, 15) is 9.59 Å². The molecule has 1 saturated carbocycles. The lowest BCUT2D eigenvalue weighted by Crippen LogP contribution is -2.43. The van der Waals surface area contributed by atoms with Crippen molar-refractivity contribution >= 4 is 23.5 Å². The molecule has 2 aromatic carbocycles. The Hall–Kier alpha value is -2.94. The highest BCUT2D eigenvalue weighted by molar-refractivity contribution is 6.22. The zero-order chi connectivity index (χ0) is 18.1. The van der Waals surface area contributed by atoms with Crippen LogP contribution in [0.5, 0.6) is 0 Å². The van der Waals surface area contributed by atoms with Crippen molar-refractivity contribution in [1.82, 2.24) is 0 Å². The standard InChI is InChI=1S/C23H21NO2/c1-17-16-23(22(26)24(17)20-12-6-3-7-13-20)14-8-11-19(21(23)25)15-18-9-4-2-5-10-18/h2-7,9-10,12-13,15H,1,8,11,14,16H2/b19-15+. The summed E-state index contributed by atoms with van der Waals surface area (Å²) in [4.78, 5) is 28.3. The van der Waals surface area contributed by atoms with Crippen LogP contribution in [-0.2, 0) is 9.59 Å². The number of anilines is 1. The van der Waals surface area contributed by atoms with Crippen LogP contribution in [0.2, 0.25) is 0 Å². The first-order chi connectivity index (χ1) is 12.6. The minimum atomic E-state index is -0.980. The van der Waals surface area contributed by atoms with E-state index in [0.29, 0.717) is 18.5 Å². The maximum Gasteiger partial charge on any atom is 0.245 e. The summed E-state index contributed by atoms with van der Waals surface area (Å²) < 4.78 is 0. The molecule has 2 fully saturated rings. The molecular weight excluding hydrogens is 322 g/mol. The first kappa shape index (κ1) is 16.5. The molecule has 1 aliphatic carbocycles. The van der Waals surface area contributed by atoms with Crippen molar-refractivity contribution < 1.29 is 9.59 Å². The number of amides is 1. The Morgan fingerprint density at radius 2 is 1.62 bits per heavy atom. The van der Waals surface area contributed by atoms with E-state index in [2.05, 4.69) is 6.58 Å². The van der Waals surface area contributed by atoms with Gasteiger partial charge < -0.3 is 0 Å². The highest BCUT2D eigenvalue weighted by atomic mass is 16.2. The van der Waals surface area contributed by atoms with Crippen LogP contribution in [0.4, 0.5) is 5.69 Å². The van der Waals surface area contributed by atoms with Crippen molar-refractivity contribution in [2.45, 2.75) is 25.7 Å². The van der Waals surface area contributed by atoms with Gasteiger partial charge in [0.15, 0.2) is 5.78 Å². The maximum absolute atomic E-state index is 13.3. The van der Waals surface area contributed by atoms with Crippen LogP contribution < -0.4 is 4.90 Å². The zero-order valence-electron chi connectivity index (χ0n) is 14.7. The molecule has 4 rings (SSSR count). The molecule has 0 radical (unpaired) electrons. The summed E-state index contributed by atoms with van der Waals surface area (Å²) in [6, 6.07) is 19.3. The molecule has 1 amide bonds. The lowest BCUT2D eigenvalue weighted by Gasteiger charge is -2.31. The number of nitrogens with zero attached hydrogens (tertiary/aromatic N) is 1. The molecule has 130 valence electrons. The average Bonchev–Trinajstić information content (AvgIpc) is 2.91. The minimum absolute atomic E-state index is 0.0304. The van der Waals surface area contributed by atoms with E-state index in [1.54, 1.807) is 4.90 Å². The Labute approximate surface area is 153 Å². The molecule has 3 nitrogen and oxygen atoms in total. The van der Waals surface area contributed by atoms with Crippen LogP contribution in [0.1, 0.15) is 31.2 Å². The number of hydrogen-bond donors (Lipinski definition) is 0. The molecule has 1 heterocycles. The number of hydrogen-bond acceptors (Lipinski definition) is 2. The smallest absolute Gasteiger partial charge is 0.245 e. The topological polar surface area (TPSA) is 37.4 Å². The Bertz CT molecular complexity index is 898. The third-order valence-corrected chi connectivity index (χ3v) is 5.37. The average molecular weight is 343 g/mol. The Morgan fingerprint density at radius 3 is 2.31 bits per heavy atom. The third kappa shape index (κ3) is 2.60. The predicted octanol–water partition coefficient (Wildman–Crippen LogP) is 4.76. The lowest BCUT2D eigenvalue weighted by atomic mass is 9.69. The largest absolute Gasteiger partial charge is 0.293 e. The molecule has 26 heavy (non-hydrogen) atoms. The van der Waals surface area contributed by atoms with Crippen LogP contribution in [0.25, 0.3) is 6.08 Å². The van der Waals surface area contributed by atoms with E-state index in [1.807, 2.05) is 66.7 Å². The lowest BCUT2D eigenvalue weighted by molar-refractivity contribution is -0.137. The summed E-state index contributed by atoms with van der Waals surface area (Å²) in [5.74, 6) is -0.158.